The van der Waals surface area contributed by atoms with Crippen LogP contribution < -0.4 is 11.1 Å². The van der Waals surface area contributed by atoms with Crippen molar-refractivity contribution in [2.45, 2.75) is 31.3 Å². The Hall–Kier alpha value is -3.23. The zero-order valence-electron chi connectivity index (χ0n) is 14.4. The molecule has 3 aromatic rings. The lowest BCUT2D eigenvalue weighted by molar-refractivity contribution is 0.0906. The minimum Gasteiger partial charge on any atom is -0.384 e. The normalized spacial score (nSPS) is 19.1. The number of nitrogen functional groups attached to an aromatic ring is 1. The van der Waals surface area contributed by atoms with E-state index in [1.807, 2.05) is 22.4 Å². The summed E-state index contributed by atoms with van der Waals surface area (Å²) in [5.41, 5.74) is 6.06. The van der Waals surface area contributed by atoms with Crippen LogP contribution in [0.1, 0.15) is 40.8 Å². The average Bonchev–Trinajstić information content (AvgIpc) is 3.23. The number of rotatable bonds is 5. The predicted molar refractivity (Wildman–Crippen MR) is 94.2 cm³/mol. The summed E-state index contributed by atoms with van der Waals surface area (Å²) in [6.45, 7) is 0.639. The molecule has 0 atom stereocenters. The number of pyridine rings is 1. The highest BCUT2D eigenvalue weighted by atomic mass is 16.1. The van der Waals surface area contributed by atoms with Gasteiger partial charge in [-0.3, -0.25) is 4.79 Å². The minimum atomic E-state index is -0.125. The van der Waals surface area contributed by atoms with E-state index < -0.39 is 0 Å². The fourth-order valence-corrected chi connectivity index (χ4v) is 3.17. The molecule has 1 saturated carbocycles. The second-order valence-electron chi connectivity index (χ2n) is 6.58. The molecule has 0 bridgehead atoms. The Kier molecular flexibility index (Phi) is 4.11. The number of carbonyl (C=O) groups is 1. The quantitative estimate of drug-likeness (QED) is 0.698. The van der Waals surface area contributed by atoms with E-state index in [4.69, 9.17) is 5.73 Å². The molecule has 9 heteroatoms. The number of aromatic nitrogens is 6. The fraction of sp³-hybridized carbons (Fsp3) is 0.353. The van der Waals surface area contributed by atoms with Crippen LogP contribution in [0.2, 0.25) is 0 Å². The third-order valence-electron chi connectivity index (χ3n) is 4.77. The molecule has 1 fully saturated rings. The molecule has 3 heterocycles. The highest BCUT2D eigenvalue weighted by Crippen LogP contribution is 2.36. The Labute approximate surface area is 150 Å². The predicted octanol–water partition coefficient (Wildman–Crippen LogP) is 0.713. The first-order valence-electron chi connectivity index (χ1n) is 8.46. The maximum Gasteiger partial charge on any atom is 0.253 e. The fourth-order valence-electron chi connectivity index (χ4n) is 3.17. The summed E-state index contributed by atoms with van der Waals surface area (Å²) in [6.07, 6.45) is 8.60. The molecule has 0 spiro atoms. The lowest BCUT2D eigenvalue weighted by atomic mass is 9.79. The maximum absolute atomic E-state index is 12.2. The van der Waals surface area contributed by atoms with E-state index in [0.29, 0.717) is 23.8 Å². The van der Waals surface area contributed by atoms with Gasteiger partial charge in [-0.25, -0.2) is 9.97 Å². The zero-order chi connectivity index (χ0) is 18.1. The number of imidazole rings is 1. The third-order valence-corrected chi connectivity index (χ3v) is 4.77. The Balaban J connectivity index is 1.34. The molecule has 3 aromatic heterocycles. The second kappa shape index (κ2) is 6.58. The standard InChI is InChI=1S/C17H20N8O/c1-24-15(9-25-5-4-19-10-25)22-23-16(24)12-6-13(7-12)21-17(26)11-2-3-14(18)20-8-11/h2-5,8,10,12-13H,6-7,9H2,1H3,(H2,18,20)(H,21,26). The Morgan fingerprint density at radius 1 is 1.35 bits per heavy atom. The number of hydrogen-bond acceptors (Lipinski definition) is 6. The van der Waals surface area contributed by atoms with Gasteiger partial charge in [0.1, 0.15) is 11.6 Å². The number of nitrogens with two attached hydrogens (primary N) is 1. The van der Waals surface area contributed by atoms with Crippen molar-refractivity contribution < 1.29 is 4.79 Å². The molecule has 0 unspecified atom stereocenters. The van der Waals surface area contributed by atoms with Gasteiger partial charge in [-0.1, -0.05) is 0 Å². The van der Waals surface area contributed by atoms with E-state index in [1.54, 1.807) is 24.7 Å². The summed E-state index contributed by atoms with van der Waals surface area (Å²) in [5, 5.41) is 11.7. The van der Waals surface area contributed by atoms with Crippen LogP contribution in [-0.2, 0) is 13.6 Å². The van der Waals surface area contributed by atoms with Crippen molar-refractivity contribution in [1.82, 2.24) is 34.6 Å². The van der Waals surface area contributed by atoms with Crippen LogP contribution in [0.5, 0.6) is 0 Å². The smallest absolute Gasteiger partial charge is 0.253 e. The van der Waals surface area contributed by atoms with Crippen molar-refractivity contribution in [2.24, 2.45) is 7.05 Å². The monoisotopic (exact) mass is 352 g/mol. The van der Waals surface area contributed by atoms with Gasteiger partial charge in [0.15, 0.2) is 5.82 Å². The Morgan fingerprint density at radius 3 is 2.88 bits per heavy atom. The van der Waals surface area contributed by atoms with Gasteiger partial charge in [0, 0.05) is 37.6 Å². The van der Waals surface area contributed by atoms with Gasteiger partial charge in [0.25, 0.3) is 5.91 Å². The Bertz CT molecular complexity index is 894. The Morgan fingerprint density at radius 2 is 2.19 bits per heavy atom. The molecular formula is C17H20N8O. The molecule has 3 N–H and O–H groups in total. The van der Waals surface area contributed by atoms with Crippen LogP contribution >= 0.6 is 0 Å². The summed E-state index contributed by atoms with van der Waals surface area (Å²) >= 11 is 0. The van der Waals surface area contributed by atoms with Crippen LogP contribution in [0, 0.1) is 0 Å². The van der Waals surface area contributed by atoms with Crippen molar-refractivity contribution in [3.8, 4) is 0 Å². The van der Waals surface area contributed by atoms with E-state index in [1.165, 1.54) is 6.20 Å². The summed E-state index contributed by atoms with van der Waals surface area (Å²) < 4.78 is 3.99. The molecule has 1 amide bonds. The van der Waals surface area contributed by atoms with Gasteiger partial charge in [0.05, 0.1) is 18.4 Å². The lowest BCUT2D eigenvalue weighted by Gasteiger charge is -2.35. The molecule has 9 nitrogen and oxygen atoms in total. The highest BCUT2D eigenvalue weighted by Gasteiger charge is 2.35. The topological polar surface area (TPSA) is 117 Å². The molecule has 0 radical (unpaired) electrons. The van der Waals surface area contributed by atoms with Crippen LogP contribution in [0.15, 0.2) is 37.1 Å². The van der Waals surface area contributed by atoms with Crippen molar-refractivity contribution in [2.75, 3.05) is 5.73 Å². The van der Waals surface area contributed by atoms with E-state index >= 15 is 0 Å². The SMILES string of the molecule is Cn1c(Cn2ccnc2)nnc1C1CC(NC(=O)c2ccc(N)nc2)C1. The molecule has 26 heavy (non-hydrogen) atoms. The van der Waals surface area contributed by atoms with Gasteiger partial charge in [-0.2, -0.15) is 0 Å². The lowest BCUT2D eigenvalue weighted by Crippen LogP contribution is -2.44. The summed E-state index contributed by atoms with van der Waals surface area (Å²) in [4.78, 5) is 20.2. The number of anilines is 1. The van der Waals surface area contributed by atoms with Crippen molar-refractivity contribution in [3.05, 3.63) is 54.3 Å². The van der Waals surface area contributed by atoms with Gasteiger partial charge in [-0.15, -0.1) is 10.2 Å². The first-order chi connectivity index (χ1) is 12.6. The molecule has 0 aromatic carbocycles. The number of amides is 1. The van der Waals surface area contributed by atoms with Gasteiger partial charge in [-0.05, 0) is 25.0 Å². The van der Waals surface area contributed by atoms with Crippen molar-refractivity contribution in [3.63, 3.8) is 0 Å². The first kappa shape index (κ1) is 16.2. The maximum atomic E-state index is 12.2. The molecule has 0 saturated heterocycles. The van der Waals surface area contributed by atoms with Crippen molar-refractivity contribution in [1.29, 1.82) is 0 Å². The molecule has 0 aliphatic heterocycles. The summed E-state index contributed by atoms with van der Waals surface area (Å²) in [5.74, 6) is 2.43. The number of carbonyl (C=O) groups excluding carboxylic acids is 1. The molecule has 1 aliphatic carbocycles. The van der Waals surface area contributed by atoms with Gasteiger partial charge >= 0.3 is 0 Å². The summed E-state index contributed by atoms with van der Waals surface area (Å²) in [6, 6.07) is 3.44. The third kappa shape index (κ3) is 3.15. The van der Waals surface area contributed by atoms with E-state index in [-0.39, 0.29) is 11.9 Å². The molecule has 134 valence electrons. The van der Waals surface area contributed by atoms with Gasteiger partial charge < -0.3 is 20.2 Å². The molecular weight excluding hydrogens is 332 g/mol. The van der Waals surface area contributed by atoms with Crippen LogP contribution in [0.25, 0.3) is 0 Å². The number of nitrogens with one attached hydrogen (secondary N) is 1. The first-order valence-corrected chi connectivity index (χ1v) is 8.46. The number of hydrogen-bond donors (Lipinski definition) is 2. The van der Waals surface area contributed by atoms with Crippen molar-refractivity contribution >= 4 is 11.7 Å². The van der Waals surface area contributed by atoms with E-state index in [9.17, 15) is 4.79 Å². The largest absolute Gasteiger partial charge is 0.384 e. The summed E-state index contributed by atoms with van der Waals surface area (Å²) in [7, 11) is 1.98. The minimum absolute atomic E-state index is 0.125. The molecule has 1 aliphatic rings. The van der Waals surface area contributed by atoms with Crippen LogP contribution in [0.3, 0.4) is 0 Å². The molecule has 4 rings (SSSR count). The number of nitrogens with zero attached hydrogens (tertiary/aromatic N) is 6. The van der Waals surface area contributed by atoms with E-state index in [0.717, 1.165) is 24.5 Å². The second-order valence-corrected chi connectivity index (χ2v) is 6.58. The van der Waals surface area contributed by atoms with E-state index in [2.05, 4.69) is 25.5 Å². The zero-order valence-corrected chi connectivity index (χ0v) is 14.4. The van der Waals surface area contributed by atoms with Crippen LogP contribution in [-0.4, -0.2) is 41.2 Å². The van der Waals surface area contributed by atoms with Gasteiger partial charge in [0.2, 0.25) is 0 Å². The highest BCUT2D eigenvalue weighted by molar-refractivity contribution is 5.94. The average molecular weight is 352 g/mol. The van der Waals surface area contributed by atoms with Crippen LogP contribution in [0.4, 0.5) is 5.82 Å².